The van der Waals surface area contributed by atoms with Crippen LogP contribution >= 0.6 is 0 Å². The van der Waals surface area contributed by atoms with E-state index in [-0.39, 0.29) is 49.4 Å². The van der Waals surface area contributed by atoms with Gasteiger partial charge in [0.15, 0.2) is 17.2 Å². The van der Waals surface area contributed by atoms with Crippen LogP contribution in [0.15, 0.2) is 36.4 Å². The van der Waals surface area contributed by atoms with Crippen LogP contribution in [0, 0.1) is 5.92 Å². The number of nitrogens with one attached hydrogen (secondary N) is 2. The smallest absolute Gasteiger partial charge is 0.319 e. The van der Waals surface area contributed by atoms with Gasteiger partial charge in [0, 0.05) is 31.6 Å². The summed E-state index contributed by atoms with van der Waals surface area (Å²) in [6.45, 7) is 9.33. The molecule has 2 aromatic carbocycles. The Kier molecular flexibility index (Phi) is 8.63. The lowest BCUT2D eigenvalue weighted by atomic mass is 9.99. The third-order valence-corrected chi connectivity index (χ3v) is 6.74. The van der Waals surface area contributed by atoms with Gasteiger partial charge in [-0.25, -0.2) is 4.79 Å². The lowest BCUT2D eigenvalue weighted by Crippen LogP contribution is -2.49. The number of amides is 3. The van der Waals surface area contributed by atoms with E-state index in [1.807, 2.05) is 52.9 Å². The van der Waals surface area contributed by atoms with Crippen LogP contribution in [0.1, 0.15) is 43.6 Å². The maximum atomic E-state index is 13.6. The fourth-order valence-corrected chi connectivity index (χ4v) is 4.70. The second-order valence-corrected chi connectivity index (χ2v) is 10.4. The van der Waals surface area contributed by atoms with Gasteiger partial charge in [0.2, 0.25) is 6.79 Å². The Morgan fingerprint density at radius 3 is 2.68 bits per heavy atom. The Labute approximate surface area is 223 Å². The van der Waals surface area contributed by atoms with Gasteiger partial charge in [-0.1, -0.05) is 19.1 Å². The number of benzene rings is 2. The van der Waals surface area contributed by atoms with Crippen molar-refractivity contribution in [2.24, 2.45) is 5.92 Å². The number of aliphatic hydroxyl groups is 1. The zero-order valence-corrected chi connectivity index (χ0v) is 22.7. The van der Waals surface area contributed by atoms with Crippen LogP contribution in [-0.2, 0) is 6.54 Å². The van der Waals surface area contributed by atoms with E-state index < -0.39 is 0 Å². The molecule has 4 rings (SSSR count). The number of carbonyl (C=O) groups excluding carboxylic acids is 2. The molecule has 0 saturated heterocycles. The van der Waals surface area contributed by atoms with Gasteiger partial charge in [-0.15, -0.1) is 0 Å². The Hall–Kier alpha value is -3.50. The number of aliphatic hydroxyl groups excluding tert-OH is 1. The molecule has 10 nitrogen and oxygen atoms in total. The van der Waals surface area contributed by atoms with Crippen molar-refractivity contribution in [1.29, 1.82) is 0 Å². The van der Waals surface area contributed by atoms with Crippen molar-refractivity contribution in [3.63, 3.8) is 0 Å². The Morgan fingerprint density at radius 1 is 1.18 bits per heavy atom. The third kappa shape index (κ3) is 6.31. The van der Waals surface area contributed by atoms with E-state index >= 15 is 0 Å². The zero-order chi connectivity index (χ0) is 27.4. The average molecular weight is 527 g/mol. The number of hydrogen-bond donors (Lipinski definition) is 3. The van der Waals surface area contributed by atoms with E-state index in [4.69, 9.17) is 14.2 Å². The van der Waals surface area contributed by atoms with Gasteiger partial charge in [-0.3, -0.25) is 9.69 Å². The molecule has 0 radical (unpaired) electrons. The number of nitrogens with zero attached hydrogens (tertiary/aromatic N) is 2. The summed E-state index contributed by atoms with van der Waals surface area (Å²) in [4.78, 5) is 30.0. The molecule has 0 aliphatic carbocycles. The van der Waals surface area contributed by atoms with E-state index in [1.54, 1.807) is 23.1 Å². The minimum absolute atomic E-state index is 0.0541. The van der Waals surface area contributed by atoms with Crippen LogP contribution in [-0.4, -0.2) is 78.6 Å². The van der Waals surface area contributed by atoms with Gasteiger partial charge < -0.3 is 34.9 Å². The minimum atomic E-state index is -0.378. The number of hydrogen-bond acceptors (Lipinski definition) is 7. The summed E-state index contributed by atoms with van der Waals surface area (Å²) in [5.74, 6) is 1.52. The molecular weight excluding hydrogens is 488 g/mol. The SMILES string of the molecule is CC(C)NC(=O)Nc1cccc2c1O[C@H](CN(C)Cc1ccc3c(c1)OCO3)[C@@H](C)CN([C@H](C)CO)C2=O. The van der Waals surface area contributed by atoms with E-state index in [0.29, 0.717) is 36.6 Å². The summed E-state index contributed by atoms with van der Waals surface area (Å²) >= 11 is 0. The largest absolute Gasteiger partial charge is 0.486 e. The Balaban J connectivity index is 1.61. The van der Waals surface area contributed by atoms with Gasteiger partial charge in [0.1, 0.15) is 6.10 Å². The number of para-hydroxylation sites is 1. The summed E-state index contributed by atoms with van der Waals surface area (Å²) in [7, 11) is 2.01. The second-order valence-electron chi connectivity index (χ2n) is 10.4. The second kappa shape index (κ2) is 11.9. The fraction of sp³-hybridized carbons (Fsp3) is 0.500. The normalized spacial score (nSPS) is 19.5. The van der Waals surface area contributed by atoms with Crippen molar-refractivity contribution >= 4 is 17.6 Å². The van der Waals surface area contributed by atoms with E-state index in [9.17, 15) is 14.7 Å². The highest BCUT2D eigenvalue weighted by atomic mass is 16.7. The number of carbonyl (C=O) groups is 2. The van der Waals surface area contributed by atoms with Gasteiger partial charge in [0.25, 0.3) is 5.91 Å². The zero-order valence-electron chi connectivity index (χ0n) is 22.7. The number of fused-ring (bicyclic) bond motifs is 2. The number of urea groups is 1. The number of rotatable bonds is 8. The molecule has 2 aliphatic heterocycles. The van der Waals surface area contributed by atoms with E-state index in [1.165, 1.54) is 0 Å². The molecule has 0 unspecified atom stereocenters. The predicted octanol–water partition coefficient (Wildman–Crippen LogP) is 3.30. The van der Waals surface area contributed by atoms with Crippen molar-refractivity contribution in [3.8, 4) is 17.2 Å². The molecule has 0 saturated carbocycles. The maximum absolute atomic E-state index is 13.6. The molecule has 0 bridgehead atoms. The fourth-order valence-electron chi connectivity index (χ4n) is 4.70. The first-order valence-corrected chi connectivity index (χ1v) is 13.0. The van der Waals surface area contributed by atoms with Crippen LogP contribution in [0.5, 0.6) is 17.2 Å². The Bertz CT molecular complexity index is 1160. The van der Waals surface area contributed by atoms with Gasteiger partial charge in [0.05, 0.1) is 23.9 Å². The van der Waals surface area contributed by atoms with Crippen LogP contribution in [0.2, 0.25) is 0 Å². The molecular formula is C28H38N4O6. The number of likely N-dealkylation sites (N-methyl/N-ethyl adjacent to an activating group) is 1. The van der Waals surface area contributed by atoms with Crippen molar-refractivity contribution in [3.05, 3.63) is 47.5 Å². The van der Waals surface area contributed by atoms with E-state index in [0.717, 1.165) is 17.1 Å². The lowest BCUT2D eigenvalue weighted by Gasteiger charge is -2.38. The van der Waals surface area contributed by atoms with E-state index in [2.05, 4.69) is 15.5 Å². The molecule has 0 aromatic heterocycles. The molecule has 0 spiro atoms. The van der Waals surface area contributed by atoms with Crippen molar-refractivity contribution in [2.75, 3.05) is 38.9 Å². The first kappa shape index (κ1) is 27.5. The van der Waals surface area contributed by atoms with Crippen molar-refractivity contribution in [2.45, 2.75) is 52.4 Å². The molecule has 3 atom stereocenters. The van der Waals surface area contributed by atoms with Crippen LogP contribution < -0.4 is 24.8 Å². The summed E-state index contributed by atoms with van der Waals surface area (Å²) < 4.78 is 17.5. The highest BCUT2D eigenvalue weighted by molar-refractivity contribution is 6.01. The highest BCUT2D eigenvalue weighted by Crippen LogP contribution is 2.36. The monoisotopic (exact) mass is 526 g/mol. The molecule has 3 amide bonds. The first-order chi connectivity index (χ1) is 18.2. The average Bonchev–Trinajstić information content (AvgIpc) is 3.33. The molecule has 3 N–H and O–H groups in total. The van der Waals surface area contributed by atoms with Crippen molar-refractivity contribution < 1.29 is 28.9 Å². The summed E-state index contributed by atoms with van der Waals surface area (Å²) in [5.41, 5.74) is 1.85. The van der Waals surface area contributed by atoms with Crippen LogP contribution in [0.25, 0.3) is 0 Å². The van der Waals surface area contributed by atoms with Gasteiger partial charge >= 0.3 is 6.03 Å². The molecule has 38 heavy (non-hydrogen) atoms. The molecule has 206 valence electrons. The predicted molar refractivity (Wildman–Crippen MR) is 144 cm³/mol. The minimum Gasteiger partial charge on any atom is -0.486 e. The summed E-state index contributed by atoms with van der Waals surface area (Å²) in [6.07, 6.45) is -0.301. The molecule has 2 heterocycles. The summed E-state index contributed by atoms with van der Waals surface area (Å²) in [6, 6.07) is 10.3. The molecule has 2 aliphatic rings. The Morgan fingerprint density at radius 2 is 1.95 bits per heavy atom. The van der Waals surface area contributed by atoms with Crippen LogP contribution in [0.3, 0.4) is 0 Å². The molecule has 10 heteroatoms. The number of anilines is 1. The standard InChI is InChI=1S/C28H38N4O6/c1-17(2)29-28(35)30-22-8-6-7-21-26(22)38-25(18(3)12-32(27(21)34)19(4)15-33)14-31(5)13-20-9-10-23-24(11-20)37-16-36-23/h6-11,17-19,25,33H,12-16H2,1-5H3,(H2,29,30,35)/t18-,19+,25+/m0/s1. The molecule has 2 aromatic rings. The quantitative estimate of drug-likeness (QED) is 0.484. The summed E-state index contributed by atoms with van der Waals surface area (Å²) in [5, 5.41) is 15.5. The van der Waals surface area contributed by atoms with Gasteiger partial charge in [-0.2, -0.15) is 0 Å². The third-order valence-electron chi connectivity index (χ3n) is 6.74. The number of ether oxygens (including phenoxy) is 3. The van der Waals surface area contributed by atoms with Crippen molar-refractivity contribution in [1.82, 2.24) is 15.1 Å². The lowest BCUT2D eigenvalue weighted by molar-refractivity contribution is 0.0343. The highest BCUT2D eigenvalue weighted by Gasteiger charge is 2.34. The topological polar surface area (TPSA) is 113 Å². The maximum Gasteiger partial charge on any atom is 0.319 e. The molecule has 0 fully saturated rings. The van der Waals surface area contributed by atoms with Crippen LogP contribution in [0.4, 0.5) is 10.5 Å². The van der Waals surface area contributed by atoms with Gasteiger partial charge in [-0.05, 0) is 57.6 Å². The first-order valence-electron chi connectivity index (χ1n) is 13.0.